The van der Waals surface area contributed by atoms with Crippen LogP contribution in [0.15, 0.2) is 133 Å². The Labute approximate surface area is 202 Å². The van der Waals surface area contributed by atoms with Crippen molar-refractivity contribution in [3.63, 3.8) is 0 Å². The van der Waals surface area contributed by atoms with Crippen LogP contribution in [0.5, 0.6) is 0 Å². The van der Waals surface area contributed by atoms with Gasteiger partial charge in [-0.1, -0.05) is 127 Å². The topological polar surface area (TPSA) is 0 Å². The van der Waals surface area contributed by atoms with E-state index in [0.29, 0.717) is 0 Å². The fourth-order valence-electron chi connectivity index (χ4n) is 5.54. The molecule has 0 bridgehead atoms. The second kappa shape index (κ2) is 9.15. The maximum Gasteiger partial charge on any atom is -0.000728 e. The summed E-state index contributed by atoms with van der Waals surface area (Å²) in [6.07, 6.45) is 10.8. The Morgan fingerprint density at radius 3 is 1.94 bits per heavy atom. The minimum atomic E-state index is 0.957. The van der Waals surface area contributed by atoms with E-state index in [1.807, 2.05) is 0 Å². The van der Waals surface area contributed by atoms with E-state index in [4.69, 9.17) is 0 Å². The molecule has 34 heavy (non-hydrogen) atoms. The van der Waals surface area contributed by atoms with Gasteiger partial charge in [0.15, 0.2) is 0 Å². The van der Waals surface area contributed by atoms with Gasteiger partial charge in [0.25, 0.3) is 0 Å². The van der Waals surface area contributed by atoms with Crippen molar-refractivity contribution in [1.29, 1.82) is 0 Å². The van der Waals surface area contributed by atoms with Crippen molar-refractivity contribution in [2.75, 3.05) is 0 Å². The standard InChI is InChI=1S/C34H28/c1-3-12-25(13-4-1)22-29(23-26-14-5-2-6-15-26)34(27-16-7-8-17-27)32-21-11-20-31-30-19-10-9-18-28(30)24-33(31)32/h1-16,18-21H,17,22-24H2. The van der Waals surface area contributed by atoms with Crippen LogP contribution < -0.4 is 0 Å². The monoisotopic (exact) mass is 436 g/mol. The first-order chi connectivity index (χ1) is 16.9. The summed E-state index contributed by atoms with van der Waals surface area (Å²) in [7, 11) is 0. The van der Waals surface area contributed by atoms with Crippen molar-refractivity contribution in [2.24, 2.45) is 0 Å². The fraction of sp³-hybridized carbons (Fsp3) is 0.118. The van der Waals surface area contributed by atoms with Crippen molar-refractivity contribution in [1.82, 2.24) is 0 Å². The molecular formula is C34H28. The first-order valence-electron chi connectivity index (χ1n) is 12.2. The van der Waals surface area contributed by atoms with Gasteiger partial charge in [0.05, 0.1) is 0 Å². The van der Waals surface area contributed by atoms with E-state index in [1.165, 1.54) is 55.7 Å². The molecule has 0 nitrogen and oxygen atoms in total. The highest BCUT2D eigenvalue weighted by Crippen LogP contribution is 2.44. The minimum absolute atomic E-state index is 0.957. The summed E-state index contributed by atoms with van der Waals surface area (Å²) < 4.78 is 0. The predicted molar refractivity (Wildman–Crippen MR) is 144 cm³/mol. The highest BCUT2D eigenvalue weighted by atomic mass is 14.3. The van der Waals surface area contributed by atoms with E-state index in [-0.39, 0.29) is 0 Å². The lowest BCUT2D eigenvalue weighted by molar-refractivity contribution is 1.03. The predicted octanol–water partition coefficient (Wildman–Crippen LogP) is 8.38. The summed E-state index contributed by atoms with van der Waals surface area (Å²) in [4.78, 5) is 0. The molecular weight excluding hydrogens is 408 g/mol. The quantitative estimate of drug-likeness (QED) is 0.251. The second-order valence-corrected chi connectivity index (χ2v) is 9.29. The van der Waals surface area contributed by atoms with Crippen molar-refractivity contribution < 1.29 is 0 Å². The molecule has 4 aromatic rings. The molecule has 4 aromatic carbocycles. The number of fused-ring (bicyclic) bond motifs is 3. The van der Waals surface area contributed by atoms with Gasteiger partial charge in [-0.15, -0.1) is 0 Å². The van der Waals surface area contributed by atoms with Gasteiger partial charge in [-0.05, 0) is 75.8 Å². The Bertz CT molecular complexity index is 1370. The number of allylic oxidation sites excluding steroid dienone is 6. The van der Waals surface area contributed by atoms with Gasteiger partial charge in [-0.3, -0.25) is 0 Å². The molecule has 0 aliphatic heterocycles. The van der Waals surface area contributed by atoms with Crippen LogP contribution in [0.25, 0.3) is 16.7 Å². The number of benzene rings is 4. The van der Waals surface area contributed by atoms with Gasteiger partial charge in [-0.25, -0.2) is 0 Å². The van der Waals surface area contributed by atoms with E-state index < -0.39 is 0 Å². The largest absolute Gasteiger partial charge is 0.0801 e. The van der Waals surface area contributed by atoms with Crippen molar-refractivity contribution in [3.05, 3.63) is 160 Å². The van der Waals surface area contributed by atoms with Gasteiger partial charge in [0, 0.05) is 0 Å². The normalized spacial score (nSPS) is 13.4. The van der Waals surface area contributed by atoms with Gasteiger partial charge >= 0.3 is 0 Å². The summed E-state index contributed by atoms with van der Waals surface area (Å²) in [6.45, 7) is 0. The Balaban J connectivity index is 1.55. The van der Waals surface area contributed by atoms with Crippen LogP contribution in [0.3, 0.4) is 0 Å². The van der Waals surface area contributed by atoms with Crippen molar-refractivity contribution in [2.45, 2.75) is 25.7 Å². The maximum absolute atomic E-state index is 2.36. The third kappa shape index (κ3) is 3.97. The molecule has 0 saturated heterocycles. The Morgan fingerprint density at radius 2 is 1.26 bits per heavy atom. The van der Waals surface area contributed by atoms with Crippen LogP contribution in [-0.4, -0.2) is 0 Å². The van der Waals surface area contributed by atoms with E-state index in [0.717, 1.165) is 25.7 Å². The van der Waals surface area contributed by atoms with Crippen LogP contribution in [0, 0.1) is 0 Å². The fourth-order valence-corrected chi connectivity index (χ4v) is 5.54. The molecule has 0 radical (unpaired) electrons. The van der Waals surface area contributed by atoms with Crippen LogP contribution in [-0.2, 0) is 19.3 Å². The van der Waals surface area contributed by atoms with Crippen LogP contribution in [0.2, 0.25) is 0 Å². The zero-order valence-electron chi connectivity index (χ0n) is 19.4. The smallest absolute Gasteiger partial charge is 0.000728 e. The second-order valence-electron chi connectivity index (χ2n) is 9.29. The van der Waals surface area contributed by atoms with E-state index in [2.05, 4.69) is 121 Å². The number of hydrogen-bond acceptors (Lipinski definition) is 0. The van der Waals surface area contributed by atoms with Crippen LogP contribution in [0.4, 0.5) is 0 Å². The van der Waals surface area contributed by atoms with Gasteiger partial charge in [-0.2, -0.15) is 0 Å². The lowest BCUT2D eigenvalue weighted by Crippen LogP contribution is -2.05. The molecule has 0 heteroatoms. The SMILES string of the molecule is C1=CCC(C(=C(Cc2ccccc2)Cc2ccccc2)c2cccc3c2Cc2ccccc2-3)=C1. The third-order valence-corrected chi connectivity index (χ3v) is 7.09. The molecule has 2 aliphatic carbocycles. The first-order valence-corrected chi connectivity index (χ1v) is 12.2. The van der Waals surface area contributed by atoms with Crippen LogP contribution >= 0.6 is 0 Å². The molecule has 0 aromatic heterocycles. The number of rotatable bonds is 6. The average molecular weight is 437 g/mol. The zero-order valence-corrected chi connectivity index (χ0v) is 19.4. The Morgan fingerprint density at radius 1 is 0.618 bits per heavy atom. The summed E-state index contributed by atoms with van der Waals surface area (Å²) in [6, 6.07) is 37.7. The molecule has 0 atom stereocenters. The third-order valence-electron chi connectivity index (χ3n) is 7.09. The lowest BCUT2D eigenvalue weighted by Gasteiger charge is -2.21. The average Bonchev–Trinajstić information content (AvgIpc) is 3.54. The molecule has 164 valence electrons. The molecule has 0 amide bonds. The van der Waals surface area contributed by atoms with Crippen molar-refractivity contribution >= 4 is 5.57 Å². The van der Waals surface area contributed by atoms with E-state index in [1.54, 1.807) is 0 Å². The minimum Gasteiger partial charge on any atom is -0.0801 e. The highest BCUT2D eigenvalue weighted by Gasteiger charge is 2.25. The van der Waals surface area contributed by atoms with Crippen molar-refractivity contribution in [3.8, 4) is 11.1 Å². The van der Waals surface area contributed by atoms with E-state index >= 15 is 0 Å². The number of hydrogen-bond donors (Lipinski definition) is 0. The zero-order chi connectivity index (χ0) is 22.7. The molecule has 0 saturated carbocycles. The van der Waals surface area contributed by atoms with Gasteiger partial charge in [0.1, 0.15) is 0 Å². The lowest BCUT2D eigenvalue weighted by atomic mass is 9.83. The molecule has 0 N–H and O–H groups in total. The first kappa shape index (κ1) is 20.7. The maximum atomic E-state index is 2.36. The molecule has 2 aliphatic rings. The Hall–Kier alpha value is -3.90. The molecule has 0 unspecified atom stereocenters. The molecule has 0 heterocycles. The van der Waals surface area contributed by atoms with Gasteiger partial charge in [0.2, 0.25) is 0 Å². The Kier molecular flexibility index (Phi) is 5.57. The summed E-state index contributed by atoms with van der Waals surface area (Å²) in [5.41, 5.74) is 14.2. The summed E-state index contributed by atoms with van der Waals surface area (Å²) >= 11 is 0. The summed E-state index contributed by atoms with van der Waals surface area (Å²) in [5, 5.41) is 0. The molecule has 6 rings (SSSR count). The highest BCUT2D eigenvalue weighted by molar-refractivity contribution is 5.90. The van der Waals surface area contributed by atoms with E-state index in [9.17, 15) is 0 Å². The molecule has 0 fully saturated rings. The van der Waals surface area contributed by atoms with Crippen LogP contribution in [0.1, 0.15) is 34.2 Å². The molecule has 0 spiro atoms. The summed E-state index contributed by atoms with van der Waals surface area (Å²) in [5.74, 6) is 0. The van der Waals surface area contributed by atoms with Gasteiger partial charge < -0.3 is 0 Å².